The molecular formula is C30H37N5O3. The summed E-state index contributed by atoms with van der Waals surface area (Å²) in [5, 5.41) is 6.08. The number of aryl methyl sites for hydroxylation is 1. The number of imidazole rings is 1. The number of piperazine rings is 1. The summed E-state index contributed by atoms with van der Waals surface area (Å²) in [6.45, 7) is 7.84. The predicted molar refractivity (Wildman–Crippen MR) is 146 cm³/mol. The molecule has 2 aliphatic rings. The highest BCUT2D eigenvalue weighted by Gasteiger charge is 2.49. The molecule has 3 atom stereocenters. The highest BCUT2D eigenvalue weighted by atomic mass is 16.2. The van der Waals surface area contributed by atoms with E-state index in [1.165, 1.54) is 11.1 Å². The van der Waals surface area contributed by atoms with E-state index in [0.717, 1.165) is 23.9 Å². The maximum atomic E-state index is 14.4. The molecule has 0 radical (unpaired) electrons. The van der Waals surface area contributed by atoms with Gasteiger partial charge in [0.2, 0.25) is 17.7 Å². The molecule has 1 aliphatic heterocycles. The highest BCUT2D eigenvalue weighted by Crippen LogP contribution is 2.36. The van der Waals surface area contributed by atoms with Gasteiger partial charge < -0.3 is 20.1 Å². The van der Waals surface area contributed by atoms with Crippen molar-refractivity contribution in [3.8, 4) is 0 Å². The maximum absolute atomic E-state index is 14.4. The van der Waals surface area contributed by atoms with E-state index in [4.69, 9.17) is 0 Å². The van der Waals surface area contributed by atoms with Gasteiger partial charge in [-0.05, 0) is 73.8 Å². The van der Waals surface area contributed by atoms with Gasteiger partial charge in [0.25, 0.3) is 0 Å². The lowest BCUT2D eigenvalue weighted by atomic mass is 9.88. The number of nitrogens with zero attached hydrogens (tertiary/aromatic N) is 3. The SMILES string of the molecule is CC(C)C[C@@H]1C(=O)NC(C2Cc3ccccc3C2)C(=O)N1[C@@H](C(=O)NC(C)C)c1ccc2c(c1)ncn2C. The molecule has 2 N–H and O–H groups in total. The highest BCUT2D eigenvalue weighted by molar-refractivity contribution is 6.00. The third-order valence-electron chi connectivity index (χ3n) is 7.73. The van der Waals surface area contributed by atoms with Crippen molar-refractivity contribution in [1.29, 1.82) is 0 Å². The summed E-state index contributed by atoms with van der Waals surface area (Å²) in [7, 11) is 1.92. The number of nitrogens with one attached hydrogen (secondary N) is 2. The van der Waals surface area contributed by atoms with Gasteiger partial charge in [0.1, 0.15) is 18.1 Å². The molecule has 0 spiro atoms. The second-order valence-corrected chi connectivity index (χ2v) is 11.5. The largest absolute Gasteiger partial charge is 0.352 e. The Hall–Kier alpha value is -3.68. The zero-order chi connectivity index (χ0) is 27.1. The Bertz CT molecular complexity index is 1350. The van der Waals surface area contributed by atoms with Crippen LogP contribution in [0.4, 0.5) is 0 Å². The summed E-state index contributed by atoms with van der Waals surface area (Å²) < 4.78 is 1.91. The Balaban J connectivity index is 1.58. The van der Waals surface area contributed by atoms with Crippen LogP contribution in [0.5, 0.6) is 0 Å². The van der Waals surface area contributed by atoms with Gasteiger partial charge >= 0.3 is 0 Å². The first-order valence-corrected chi connectivity index (χ1v) is 13.5. The van der Waals surface area contributed by atoms with Crippen LogP contribution in [0, 0.1) is 11.8 Å². The summed E-state index contributed by atoms with van der Waals surface area (Å²) >= 11 is 0. The molecule has 3 aromatic rings. The lowest BCUT2D eigenvalue weighted by Gasteiger charge is -2.45. The zero-order valence-electron chi connectivity index (χ0n) is 22.8. The number of hydrogen-bond acceptors (Lipinski definition) is 4. The van der Waals surface area contributed by atoms with Crippen molar-refractivity contribution in [3.05, 3.63) is 65.5 Å². The summed E-state index contributed by atoms with van der Waals surface area (Å²) in [4.78, 5) is 47.9. The Kier molecular flexibility index (Phi) is 6.99. The molecule has 0 saturated carbocycles. The Morgan fingerprint density at radius 2 is 1.76 bits per heavy atom. The fourth-order valence-electron chi connectivity index (χ4n) is 6.00. The van der Waals surface area contributed by atoms with Crippen LogP contribution in [-0.2, 0) is 34.3 Å². The van der Waals surface area contributed by atoms with Gasteiger partial charge in [-0.2, -0.15) is 0 Å². The van der Waals surface area contributed by atoms with E-state index in [-0.39, 0.29) is 35.6 Å². The maximum Gasteiger partial charge on any atom is 0.247 e. The molecular weight excluding hydrogens is 478 g/mol. The second kappa shape index (κ2) is 10.2. The molecule has 2 heterocycles. The molecule has 1 saturated heterocycles. The number of amides is 3. The van der Waals surface area contributed by atoms with Gasteiger partial charge in [-0.1, -0.05) is 44.2 Å². The number of fused-ring (bicyclic) bond motifs is 2. The molecule has 8 heteroatoms. The Morgan fingerprint density at radius 1 is 1.08 bits per heavy atom. The van der Waals surface area contributed by atoms with Crippen molar-refractivity contribution < 1.29 is 14.4 Å². The van der Waals surface area contributed by atoms with Crippen molar-refractivity contribution >= 4 is 28.8 Å². The van der Waals surface area contributed by atoms with Crippen LogP contribution >= 0.6 is 0 Å². The summed E-state index contributed by atoms with van der Waals surface area (Å²) in [5.74, 6) is -0.585. The predicted octanol–water partition coefficient (Wildman–Crippen LogP) is 3.30. The van der Waals surface area contributed by atoms with Gasteiger partial charge in [0.15, 0.2) is 0 Å². The smallest absolute Gasteiger partial charge is 0.247 e. The number of benzene rings is 2. The van der Waals surface area contributed by atoms with Crippen LogP contribution in [0.25, 0.3) is 11.0 Å². The van der Waals surface area contributed by atoms with E-state index >= 15 is 0 Å². The first-order chi connectivity index (χ1) is 18.1. The Morgan fingerprint density at radius 3 is 2.39 bits per heavy atom. The molecule has 1 aliphatic carbocycles. The third-order valence-corrected chi connectivity index (χ3v) is 7.73. The van der Waals surface area contributed by atoms with Crippen LogP contribution in [0.2, 0.25) is 0 Å². The van der Waals surface area contributed by atoms with Gasteiger partial charge in [0.05, 0.1) is 17.4 Å². The topological polar surface area (TPSA) is 96.3 Å². The van der Waals surface area contributed by atoms with Crippen LogP contribution in [0.3, 0.4) is 0 Å². The standard InChI is InChI=1S/C30H37N5O3/c1-17(2)12-25-28(36)33-26(22-13-19-8-6-7-9-20(19)14-22)30(38)35(25)27(29(37)32-18(3)4)21-10-11-24-23(15-21)31-16-34(24)5/h6-11,15-18,22,25-27H,12-14H2,1-5H3,(H,32,37)(H,33,36)/t25-,26?,27-/m1/s1. The van der Waals surface area contributed by atoms with E-state index in [1.807, 2.05) is 69.6 Å². The molecule has 2 aromatic carbocycles. The van der Waals surface area contributed by atoms with E-state index in [9.17, 15) is 14.4 Å². The number of hydrogen-bond donors (Lipinski definition) is 2. The van der Waals surface area contributed by atoms with Crippen molar-refractivity contribution in [1.82, 2.24) is 25.1 Å². The molecule has 8 nitrogen and oxygen atoms in total. The third kappa shape index (κ3) is 4.79. The minimum Gasteiger partial charge on any atom is -0.352 e. The lowest BCUT2D eigenvalue weighted by Crippen LogP contribution is -2.67. The van der Waals surface area contributed by atoms with E-state index in [2.05, 4.69) is 27.8 Å². The van der Waals surface area contributed by atoms with Crippen LogP contribution in [0.15, 0.2) is 48.8 Å². The van der Waals surface area contributed by atoms with Crippen LogP contribution in [-0.4, -0.2) is 50.3 Å². The van der Waals surface area contributed by atoms with E-state index in [0.29, 0.717) is 12.0 Å². The fraction of sp³-hybridized carbons (Fsp3) is 0.467. The summed E-state index contributed by atoms with van der Waals surface area (Å²) in [6, 6.07) is 11.4. The van der Waals surface area contributed by atoms with E-state index in [1.54, 1.807) is 11.2 Å². The molecule has 3 amide bonds. The lowest BCUT2D eigenvalue weighted by molar-refractivity contribution is -0.158. The fourth-order valence-corrected chi connectivity index (χ4v) is 6.00. The minimum absolute atomic E-state index is 0.0570. The molecule has 200 valence electrons. The quantitative estimate of drug-likeness (QED) is 0.505. The number of carbonyl (C=O) groups excluding carboxylic acids is 3. The first kappa shape index (κ1) is 25.9. The van der Waals surface area contributed by atoms with Crippen molar-refractivity contribution in [2.75, 3.05) is 0 Å². The molecule has 1 aromatic heterocycles. The monoisotopic (exact) mass is 515 g/mol. The average molecular weight is 516 g/mol. The van der Waals surface area contributed by atoms with Crippen molar-refractivity contribution in [3.63, 3.8) is 0 Å². The number of rotatable bonds is 7. The first-order valence-electron chi connectivity index (χ1n) is 13.5. The van der Waals surface area contributed by atoms with Crippen molar-refractivity contribution in [2.45, 2.75) is 71.1 Å². The second-order valence-electron chi connectivity index (χ2n) is 11.5. The van der Waals surface area contributed by atoms with E-state index < -0.39 is 18.1 Å². The summed E-state index contributed by atoms with van der Waals surface area (Å²) in [6.07, 6.45) is 3.63. The number of carbonyl (C=O) groups is 3. The van der Waals surface area contributed by atoms with Gasteiger partial charge in [0, 0.05) is 13.1 Å². The molecule has 5 rings (SSSR count). The van der Waals surface area contributed by atoms with Gasteiger partial charge in [-0.3, -0.25) is 14.4 Å². The van der Waals surface area contributed by atoms with Gasteiger partial charge in [-0.15, -0.1) is 0 Å². The molecule has 1 fully saturated rings. The van der Waals surface area contributed by atoms with Gasteiger partial charge in [-0.25, -0.2) is 4.98 Å². The zero-order valence-corrected chi connectivity index (χ0v) is 22.8. The van der Waals surface area contributed by atoms with Crippen LogP contribution < -0.4 is 10.6 Å². The molecule has 38 heavy (non-hydrogen) atoms. The molecule has 0 bridgehead atoms. The number of aromatic nitrogens is 2. The van der Waals surface area contributed by atoms with Crippen molar-refractivity contribution in [2.24, 2.45) is 18.9 Å². The minimum atomic E-state index is -0.947. The summed E-state index contributed by atoms with van der Waals surface area (Å²) in [5.41, 5.74) is 4.75. The Labute approximate surface area is 223 Å². The van der Waals surface area contributed by atoms with Crippen LogP contribution in [0.1, 0.15) is 56.8 Å². The molecule has 1 unspecified atom stereocenters. The normalized spacial score (nSPS) is 20.8. The average Bonchev–Trinajstić information content (AvgIpc) is 3.45.